The van der Waals surface area contributed by atoms with Gasteiger partial charge in [-0.25, -0.2) is 0 Å². The fourth-order valence-electron chi connectivity index (χ4n) is 2.06. The molecule has 13 heavy (non-hydrogen) atoms. The van der Waals surface area contributed by atoms with E-state index in [2.05, 4.69) is 22.4 Å². The predicted octanol–water partition coefficient (Wildman–Crippen LogP) is 1.84. The third-order valence-corrected chi connectivity index (χ3v) is 3.63. The van der Waals surface area contributed by atoms with Gasteiger partial charge in [-0.3, -0.25) is 4.90 Å². The van der Waals surface area contributed by atoms with Crippen LogP contribution >= 0.6 is 11.3 Å². The van der Waals surface area contributed by atoms with Gasteiger partial charge in [-0.2, -0.15) is 0 Å². The van der Waals surface area contributed by atoms with E-state index in [1.807, 2.05) is 11.3 Å². The molecule has 1 atom stereocenters. The molecule has 1 aromatic rings. The highest BCUT2D eigenvalue weighted by atomic mass is 32.1. The van der Waals surface area contributed by atoms with E-state index in [1.165, 1.54) is 24.3 Å². The van der Waals surface area contributed by atoms with Gasteiger partial charge in [0.15, 0.2) is 0 Å². The minimum absolute atomic E-state index is 0.656. The first kappa shape index (κ1) is 9.19. The topological polar surface area (TPSA) is 29.3 Å². The zero-order valence-electron chi connectivity index (χ0n) is 7.78. The van der Waals surface area contributed by atoms with Gasteiger partial charge in [-0.1, -0.05) is 6.07 Å². The Hall–Kier alpha value is -0.380. The molecule has 1 unspecified atom stereocenters. The Morgan fingerprint density at radius 3 is 3.23 bits per heavy atom. The Morgan fingerprint density at radius 2 is 2.54 bits per heavy atom. The van der Waals surface area contributed by atoms with E-state index in [4.69, 9.17) is 5.73 Å². The molecule has 1 aliphatic rings. The summed E-state index contributed by atoms with van der Waals surface area (Å²) >= 11 is 1.87. The van der Waals surface area contributed by atoms with E-state index in [1.54, 1.807) is 0 Å². The maximum Gasteiger partial charge on any atom is 0.0442 e. The molecule has 0 aromatic carbocycles. The Morgan fingerprint density at radius 1 is 1.62 bits per heavy atom. The minimum atomic E-state index is 0.656. The lowest BCUT2D eigenvalue weighted by molar-refractivity contribution is 0.268. The van der Waals surface area contributed by atoms with Crippen LogP contribution in [-0.4, -0.2) is 24.5 Å². The second-order valence-corrected chi connectivity index (χ2v) is 4.48. The molecule has 0 saturated carbocycles. The van der Waals surface area contributed by atoms with Gasteiger partial charge in [0.1, 0.15) is 0 Å². The lowest BCUT2D eigenvalue weighted by atomic mass is 10.2. The number of thiophene rings is 1. The SMILES string of the molecule is NCCN1CCCC1c1cccs1. The van der Waals surface area contributed by atoms with Gasteiger partial charge in [-0.15, -0.1) is 11.3 Å². The third-order valence-electron chi connectivity index (χ3n) is 2.65. The zero-order chi connectivity index (χ0) is 9.10. The maximum atomic E-state index is 5.59. The summed E-state index contributed by atoms with van der Waals surface area (Å²) in [7, 11) is 0. The van der Waals surface area contributed by atoms with Gasteiger partial charge in [0.2, 0.25) is 0 Å². The molecule has 0 aliphatic carbocycles. The first-order valence-electron chi connectivity index (χ1n) is 4.89. The predicted molar refractivity (Wildman–Crippen MR) is 56.9 cm³/mol. The Labute approximate surface area is 83.4 Å². The number of nitrogens with zero attached hydrogens (tertiary/aromatic N) is 1. The first-order chi connectivity index (χ1) is 6.42. The van der Waals surface area contributed by atoms with Crippen molar-refractivity contribution in [3.63, 3.8) is 0 Å². The molecular weight excluding hydrogens is 180 g/mol. The molecule has 2 rings (SSSR count). The fraction of sp³-hybridized carbons (Fsp3) is 0.600. The van der Waals surface area contributed by atoms with E-state index in [9.17, 15) is 0 Å². The highest BCUT2D eigenvalue weighted by Gasteiger charge is 2.25. The second kappa shape index (κ2) is 4.22. The minimum Gasteiger partial charge on any atom is -0.329 e. The fourth-order valence-corrected chi connectivity index (χ4v) is 2.96. The molecule has 0 radical (unpaired) electrons. The molecule has 1 saturated heterocycles. The Bertz CT molecular complexity index is 245. The maximum absolute atomic E-state index is 5.59. The summed E-state index contributed by atoms with van der Waals surface area (Å²) in [6.07, 6.45) is 2.63. The van der Waals surface area contributed by atoms with Crippen LogP contribution in [0.5, 0.6) is 0 Å². The van der Waals surface area contributed by atoms with Crippen molar-refractivity contribution in [3.8, 4) is 0 Å². The highest BCUT2D eigenvalue weighted by Crippen LogP contribution is 2.33. The van der Waals surface area contributed by atoms with E-state index in [-0.39, 0.29) is 0 Å². The lowest BCUT2D eigenvalue weighted by Gasteiger charge is -2.22. The van der Waals surface area contributed by atoms with Crippen molar-refractivity contribution in [3.05, 3.63) is 22.4 Å². The summed E-state index contributed by atoms with van der Waals surface area (Å²) in [5.41, 5.74) is 5.59. The van der Waals surface area contributed by atoms with Crippen LogP contribution in [-0.2, 0) is 0 Å². The van der Waals surface area contributed by atoms with Gasteiger partial charge in [-0.05, 0) is 30.8 Å². The standard InChI is InChI=1S/C10H16N2S/c11-5-7-12-6-1-3-9(12)10-4-2-8-13-10/h2,4,8-9H,1,3,5-7,11H2. The molecule has 3 heteroatoms. The molecule has 2 nitrogen and oxygen atoms in total. The van der Waals surface area contributed by atoms with Gasteiger partial charge in [0.05, 0.1) is 0 Å². The third kappa shape index (κ3) is 1.93. The number of nitrogens with two attached hydrogens (primary N) is 1. The molecule has 1 fully saturated rings. The molecule has 0 amide bonds. The van der Waals surface area contributed by atoms with Crippen molar-refractivity contribution in [2.45, 2.75) is 18.9 Å². The van der Waals surface area contributed by atoms with E-state index < -0.39 is 0 Å². The number of hydrogen-bond donors (Lipinski definition) is 1. The van der Waals surface area contributed by atoms with Gasteiger partial charge >= 0.3 is 0 Å². The van der Waals surface area contributed by atoms with Crippen molar-refractivity contribution in [2.75, 3.05) is 19.6 Å². The normalized spacial score (nSPS) is 23.9. The first-order valence-corrected chi connectivity index (χ1v) is 5.77. The molecular formula is C10H16N2S. The quantitative estimate of drug-likeness (QED) is 0.799. The van der Waals surface area contributed by atoms with Crippen LogP contribution < -0.4 is 5.73 Å². The van der Waals surface area contributed by atoms with Crippen LogP contribution in [0.25, 0.3) is 0 Å². The summed E-state index contributed by atoms with van der Waals surface area (Å²) in [5.74, 6) is 0. The molecule has 0 spiro atoms. The van der Waals surface area contributed by atoms with Crippen LogP contribution in [0.1, 0.15) is 23.8 Å². The summed E-state index contributed by atoms with van der Waals surface area (Å²) in [4.78, 5) is 4.01. The summed E-state index contributed by atoms with van der Waals surface area (Å²) in [5, 5.41) is 2.16. The summed E-state index contributed by atoms with van der Waals surface area (Å²) in [6.45, 7) is 3.05. The Balaban J connectivity index is 2.05. The summed E-state index contributed by atoms with van der Waals surface area (Å²) in [6, 6.07) is 5.03. The van der Waals surface area contributed by atoms with Gasteiger partial charge in [0.25, 0.3) is 0 Å². The smallest absolute Gasteiger partial charge is 0.0442 e. The van der Waals surface area contributed by atoms with Gasteiger partial charge < -0.3 is 5.73 Å². The van der Waals surface area contributed by atoms with E-state index in [0.29, 0.717) is 6.04 Å². The second-order valence-electron chi connectivity index (χ2n) is 3.50. The average Bonchev–Trinajstić information content (AvgIpc) is 2.71. The van der Waals surface area contributed by atoms with E-state index in [0.717, 1.165) is 13.1 Å². The molecule has 2 heterocycles. The van der Waals surface area contributed by atoms with Crippen molar-refractivity contribution < 1.29 is 0 Å². The number of hydrogen-bond acceptors (Lipinski definition) is 3. The molecule has 2 N–H and O–H groups in total. The monoisotopic (exact) mass is 196 g/mol. The van der Waals surface area contributed by atoms with Crippen LogP contribution in [0.15, 0.2) is 17.5 Å². The van der Waals surface area contributed by atoms with Crippen LogP contribution in [0.3, 0.4) is 0 Å². The largest absolute Gasteiger partial charge is 0.329 e. The van der Waals surface area contributed by atoms with Crippen molar-refractivity contribution >= 4 is 11.3 Å². The Kier molecular flexibility index (Phi) is 2.98. The lowest BCUT2D eigenvalue weighted by Crippen LogP contribution is -2.28. The van der Waals surface area contributed by atoms with Gasteiger partial charge in [0, 0.05) is 24.0 Å². The van der Waals surface area contributed by atoms with Crippen molar-refractivity contribution in [1.29, 1.82) is 0 Å². The number of rotatable bonds is 3. The molecule has 72 valence electrons. The van der Waals surface area contributed by atoms with Crippen LogP contribution in [0, 0.1) is 0 Å². The highest BCUT2D eigenvalue weighted by molar-refractivity contribution is 7.10. The summed E-state index contributed by atoms with van der Waals surface area (Å²) < 4.78 is 0. The van der Waals surface area contributed by atoms with Crippen LogP contribution in [0.4, 0.5) is 0 Å². The van der Waals surface area contributed by atoms with Crippen molar-refractivity contribution in [2.24, 2.45) is 5.73 Å². The molecule has 0 bridgehead atoms. The van der Waals surface area contributed by atoms with E-state index >= 15 is 0 Å². The van der Waals surface area contributed by atoms with Crippen molar-refractivity contribution in [1.82, 2.24) is 4.90 Å². The molecule has 1 aromatic heterocycles. The average molecular weight is 196 g/mol. The zero-order valence-corrected chi connectivity index (χ0v) is 8.59. The number of likely N-dealkylation sites (tertiary alicyclic amines) is 1. The molecule has 1 aliphatic heterocycles. The van der Waals surface area contributed by atoms with Crippen LogP contribution in [0.2, 0.25) is 0 Å².